The Balaban J connectivity index is 2.23. The number of methoxy groups -OCH3 is 1. The molecular formula is C14H13BrN2O2. The molecule has 0 aliphatic rings. The number of ether oxygens (including phenoxy) is 1. The fraction of sp³-hybridized carbons (Fsp3) is 0.143. The van der Waals surface area contributed by atoms with Gasteiger partial charge in [-0.05, 0) is 52.7 Å². The van der Waals surface area contributed by atoms with Gasteiger partial charge in [0.2, 0.25) is 0 Å². The number of aryl methyl sites for hydroxylation is 1. The van der Waals surface area contributed by atoms with Crippen molar-refractivity contribution in [2.45, 2.75) is 6.92 Å². The van der Waals surface area contributed by atoms with Crippen LogP contribution in [0.15, 0.2) is 41.0 Å². The second-order valence-electron chi connectivity index (χ2n) is 4.02. The predicted octanol–water partition coefficient (Wildman–Crippen LogP) is 3.41. The van der Waals surface area contributed by atoms with E-state index in [4.69, 9.17) is 4.74 Å². The number of rotatable bonds is 3. The Morgan fingerprint density at radius 2 is 2.11 bits per heavy atom. The molecule has 5 heteroatoms. The number of amides is 1. The molecule has 0 radical (unpaired) electrons. The number of carbonyl (C=O) groups is 1. The van der Waals surface area contributed by atoms with Crippen LogP contribution in [0, 0.1) is 6.92 Å². The van der Waals surface area contributed by atoms with Crippen molar-refractivity contribution < 1.29 is 9.53 Å². The zero-order chi connectivity index (χ0) is 13.8. The third kappa shape index (κ3) is 3.32. The highest BCUT2D eigenvalue weighted by Crippen LogP contribution is 2.25. The summed E-state index contributed by atoms with van der Waals surface area (Å²) in [6.45, 7) is 1.95. The van der Waals surface area contributed by atoms with Crippen LogP contribution in [0.4, 0.5) is 5.69 Å². The van der Waals surface area contributed by atoms with Crippen molar-refractivity contribution >= 4 is 27.5 Å². The van der Waals surface area contributed by atoms with Crippen LogP contribution in [0.25, 0.3) is 0 Å². The van der Waals surface area contributed by atoms with Gasteiger partial charge in [0.1, 0.15) is 11.4 Å². The van der Waals surface area contributed by atoms with Crippen LogP contribution in [0.1, 0.15) is 16.1 Å². The number of carbonyl (C=O) groups excluding carboxylic acids is 1. The van der Waals surface area contributed by atoms with Crippen molar-refractivity contribution in [2.75, 3.05) is 12.4 Å². The minimum Gasteiger partial charge on any atom is -0.495 e. The molecule has 1 N–H and O–H groups in total. The van der Waals surface area contributed by atoms with Gasteiger partial charge in [-0.2, -0.15) is 0 Å². The maximum atomic E-state index is 12.1. The Morgan fingerprint density at radius 3 is 2.74 bits per heavy atom. The van der Waals surface area contributed by atoms with Crippen LogP contribution in [0.2, 0.25) is 0 Å². The van der Waals surface area contributed by atoms with Gasteiger partial charge in [0.05, 0.1) is 12.8 Å². The van der Waals surface area contributed by atoms with Crippen molar-refractivity contribution in [1.29, 1.82) is 0 Å². The van der Waals surface area contributed by atoms with Crippen LogP contribution in [-0.2, 0) is 0 Å². The van der Waals surface area contributed by atoms with Gasteiger partial charge in [0.15, 0.2) is 0 Å². The van der Waals surface area contributed by atoms with E-state index in [1.54, 1.807) is 25.4 Å². The summed E-state index contributed by atoms with van der Waals surface area (Å²) in [6.07, 6.45) is 1.59. The number of benzene rings is 1. The first-order chi connectivity index (χ1) is 9.10. The average molecular weight is 321 g/mol. The summed E-state index contributed by atoms with van der Waals surface area (Å²) in [7, 11) is 1.57. The monoisotopic (exact) mass is 320 g/mol. The minimum absolute atomic E-state index is 0.267. The van der Waals surface area contributed by atoms with Crippen LogP contribution in [0.3, 0.4) is 0 Å². The van der Waals surface area contributed by atoms with Gasteiger partial charge in [-0.3, -0.25) is 4.79 Å². The van der Waals surface area contributed by atoms with Gasteiger partial charge in [0.25, 0.3) is 5.91 Å². The van der Waals surface area contributed by atoms with E-state index >= 15 is 0 Å². The highest BCUT2D eigenvalue weighted by Gasteiger charge is 2.10. The van der Waals surface area contributed by atoms with E-state index in [9.17, 15) is 4.79 Å². The number of hydrogen-bond donors (Lipinski definition) is 1. The van der Waals surface area contributed by atoms with E-state index in [1.165, 1.54) is 0 Å². The van der Waals surface area contributed by atoms with E-state index in [1.807, 2.05) is 25.1 Å². The van der Waals surface area contributed by atoms with Crippen molar-refractivity contribution in [3.8, 4) is 5.75 Å². The number of nitrogens with one attached hydrogen (secondary N) is 1. The Hall–Kier alpha value is -1.88. The first kappa shape index (κ1) is 13.5. The minimum atomic E-state index is -0.267. The molecule has 4 nitrogen and oxygen atoms in total. The molecule has 0 saturated heterocycles. The molecule has 2 aromatic rings. The van der Waals surface area contributed by atoms with Crippen molar-refractivity contribution in [3.63, 3.8) is 0 Å². The molecule has 19 heavy (non-hydrogen) atoms. The molecular weight excluding hydrogens is 308 g/mol. The molecule has 1 heterocycles. The number of nitrogens with zero attached hydrogens (tertiary/aromatic N) is 1. The quantitative estimate of drug-likeness (QED) is 0.942. The maximum Gasteiger partial charge on any atom is 0.274 e. The number of pyridine rings is 1. The molecule has 0 bridgehead atoms. The molecule has 1 aromatic heterocycles. The molecule has 0 atom stereocenters. The molecule has 0 saturated carbocycles. The number of hydrogen-bond acceptors (Lipinski definition) is 3. The molecule has 0 aliphatic heterocycles. The lowest BCUT2D eigenvalue weighted by atomic mass is 10.2. The molecule has 0 aliphatic carbocycles. The Kier molecular flexibility index (Phi) is 4.16. The Labute approximate surface area is 119 Å². The van der Waals surface area contributed by atoms with Gasteiger partial charge >= 0.3 is 0 Å². The molecule has 0 fully saturated rings. The molecule has 1 amide bonds. The zero-order valence-corrected chi connectivity index (χ0v) is 12.2. The highest BCUT2D eigenvalue weighted by atomic mass is 79.9. The Bertz CT molecular complexity index is 597. The Morgan fingerprint density at radius 1 is 1.32 bits per heavy atom. The van der Waals surface area contributed by atoms with Gasteiger partial charge in [-0.1, -0.05) is 6.07 Å². The second kappa shape index (κ2) is 5.84. The fourth-order valence-corrected chi connectivity index (χ4v) is 1.85. The van der Waals surface area contributed by atoms with Crippen LogP contribution >= 0.6 is 15.9 Å². The third-order valence-electron chi connectivity index (χ3n) is 2.56. The summed E-state index contributed by atoms with van der Waals surface area (Å²) in [5.41, 5.74) is 2.03. The first-order valence-electron chi connectivity index (χ1n) is 5.67. The summed E-state index contributed by atoms with van der Waals surface area (Å²) in [5.74, 6) is 0.354. The lowest BCUT2D eigenvalue weighted by Crippen LogP contribution is -2.14. The SMILES string of the molecule is COc1ccc(C)cc1NC(=O)c1ccc(Br)cn1. The van der Waals surface area contributed by atoms with Crippen LogP contribution in [0.5, 0.6) is 5.75 Å². The average Bonchev–Trinajstić information content (AvgIpc) is 2.39. The van der Waals surface area contributed by atoms with Crippen molar-refractivity contribution in [1.82, 2.24) is 4.98 Å². The smallest absolute Gasteiger partial charge is 0.274 e. The zero-order valence-electron chi connectivity index (χ0n) is 10.6. The van der Waals surface area contributed by atoms with Crippen molar-refractivity contribution in [3.05, 3.63) is 52.3 Å². The fourth-order valence-electron chi connectivity index (χ4n) is 1.62. The van der Waals surface area contributed by atoms with E-state index in [0.29, 0.717) is 17.1 Å². The molecule has 0 spiro atoms. The van der Waals surface area contributed by atoms with Gasteiger partial charge in [0, 0.05) is 10.7 Å². The number of halogens is 1. The van der Waals surface area contributed by atoms with E-state index < -0.39 is 0 Å². The van der Waals surface area contributed by atoms with Gasteiger partial charge < -0.3 is 10.1 Å². The summed E-state index contributed by atoms with van der Waals surface area (Å²) in [6, 6.07) is 9.03. The largest absolute Gasteiger partial charge is 0.495 e. The lowest BCUT2D eigenvalue weighted by molar-refractivity contribution is 0.102. The highest BCUT2D eigenvalue weighted by molar-refractivity contribution is 9.10. The van der Waals surface area contributed by atoms with Crippen LogP contribution in [-0.4, -0.2) is 18.0 Å². The van der Waals surface area contributed by atoms with E-state index in [2.05, 4.69) is 26.2 Å². The molecule has 2 rings (SSSR count). The standard InChI is InChI=1S/C14H13BrN2O2/c1-9-3-6-13(19-2)12(7-9)17-14(18)11-5-4-10(15)8-16-11/h3-8H,1-2H3,(H,17,18). The molecule has 1 aromatic carbocycles. The first-order valence-corrected chi connectivity index (χ1v) is 6.47. The van der Waals surface area contributed by atoms with Crippen molar-refractivity contribution in [2.24, 2.45) is 0 Å². The third-order valence-corrected chi connectivity index (χ3v) is 3.03. The number of anilines is 1. The second-order valence-corrected chi connectivity index (χ2v) is 4.94. The lowest BCUT2D eigenvalue weighted by Gasteiger charge is -2.10. The predicted molar refractivity (Wildman–Crippen MR) is 77.6 cm³/mol. The summed E-state index contributed by atoms with van der Waals surface area (Å²) in [5, 5.41) is 2.80. The normalized spacial score (nSPS) is 10.1. The summed E-state index contributed by atoms with van der Waals surface area (Å²) in [4.78, 5) is 16.1. The summed E-state index contributed by atoms with van der Waals surface area (Å²) < 4.78 is 6.04. The van der Waals surface area contributed by atoms with E-state index in [-0.39, 0.29) is 5.91 Å². The van der Waals surface area contributed by atoms with Gasteiger partial charge in [-0.15, -0.1) is 0 Å². The maximum absolute atomic E-state index is 12.1. The number of aromatic nitrogens is 1. The van der Waals surface area contributed by atoms with E-state index in [0.717, 1.165) is 10.0 Å². The molecule has 98 valence electrons. The topological polar surface area (TPSA) is 51.2 Å². The van der Waals surface area contributed by atoms with Crippen LogP contribution < -0.4 is 10.1 Å². The molecule has 0 unspecified atom stereocenters. The van der Waals surface area contributed by atoms with Gasteiger partial charge in [-0.25, -0.2) is 4.98 Å². The summed E-state index contributed by atoms with van der Waals surface area (Å²) >= 11 is 3.28.